The smallest absolute Gasteiger partial charge is 0.335 e. The Balaban J connectivity index is 1.18. The molecule has 1 saturated carbocycles. The molecular weight excluding hydrogens is 387 g/mol. The Hall–Kier alpha value is -2.69. The number of nitrogens with one attached hydrogen (secondary N) is 2. The molecule has 0 atom stereocenters. The zero-order chi connectivity index (χ0) is 20.4. The third-order valence-corrected chi connectivity index (χ3v) is 5.62. The van der Waals surface area contributed by atoms with E-state index in [-0.39, 0.29) is 31.0 Å². The van der Waals surface area contributed by atoms with Crippen LogP contribution in [0.2, 0.25) is 0 Å². The van der Waals surface area contributed by atoms with E-state index >= 15 is 0 Å². The molecule has 2 fully saturated rings. The predicted octanol–water partition coefficient (Wildman–Crippen LogP) is 2.59. The third kappa shape index (κ3) is 4.66. The van der Waals surface area contributed by atoms with Crippen LogP contribution in [0.3, 0.4) is 0 Å². The van der Waals surface area contributed by atoms with E-state index in [1.165, 1.54) is 23.5 Å². The SMILES string of the molecule is O=C(Nc1ccc(-n2cncn2)nc1)NC1CC(N2CCC(C(F)(F)F)CC2)C1. The Morgan fingerprint density at radius 3 is 2.52 bits per heavy atom. The number of carbonyl (C=O) groups excluding carboxylic acids is 1. The number of nitrogens with zero attached hydrogens (tertiary/aromatic N) is 5. The molecule has 2 amide bonds. The van der Waals surface area contributed by atoms with Crippen molar-refractivity contribution in [3.63, 3.8) is 0 Å². The van der Waals surface area contributed by atoms with Crippen molar-refractivity contribution < 1.29 is 18.0 Å². The fourth-order valence-electron chi connectivity index (χ4n) is 3.87. The molecule has 0 radical (unpaired) electrons. The van der Waals surface area contributed by atoms with Crippen LogP contribution in [0.15, 0.2) is 31.0 Å². The second-order valence-electron chi connectivity index (χ2n) is 7.52. The highest BCUT2D eigenvalue weighted by Crippen LogP contribution is 2.36. The average Bonchev–Trinajstić information content (AvgIpc) is 3.19. The summed E-state index contributed by atoms with van der Waals surface area (Å²) in [4.78, 5) is 22.3. The number of likely N-dealkylation sites (tertiary alicyclic amines) is 1. The summed E-state index contributed by atoms with van der Waals surface area (Å²) in [5.74, 6) is -0.590. The Bertz CT molecular complexity index is 811. The summed E-state index contributed by atoms with van der Waals surface area (Å²) in [5.41, 5.74) is 0.552. The molecule has 29 heavy (non-hydrogen) atoms. The van der Waals surface area contributed by atoms with Crippen molar-refractivity contribution in [2.24, 2.45) is 5.92 Å². The number of alkyl halides is 3. The van der Waals surface area contributed by atoms with Crippen molar-refractivity contribution in [2.75, 3.05) is 18.4 Å². The fraction of sp³-hybridized carbons (Fsp3) is 0.556. The maximum absolute atomic E-state index is 12.8. The number of carbonyl (C=O) groups is 1. The van der Waals surface area contributed by atoms with Gasteiger partial charge >= 0.3 is 12.2 Å². The molecule has 2 N–H and O–H groups in total. The summed E-state index contributed by atoms with van der Waals surface area (Å²) in [6, 6.07) is 3.40. The number of hydrogen-bond donors (Lipinski definition) is 2. The molecule has 2 aromatic rings. The number of piperidine rings is 1. The van der Waals surface area contributed by atoms with Gasteiger partial charge in [-0.3, -0.25) is 0 Å². The van der Waals surface area contributed by atoms with Gasteiger partial charge in [-0.1, -0.05) is 0 Å². The largest absolute Gasteiger partial charge is 0.391 e. The summed E-state index contributed by atoms with van der Waals surface area (Å²) >= 11 is 0. The van der Waals surface area contributed by atoms with E-state index in [1.54, 1.807) is 12.1 Å². The van der Waals surface area contributed by atoms with E-state index in [0.29, 0.717) is 24.6 Å². The summed E-state index contributed by atoms with van der Waals surface area (Å²) < 4.78 is 39.8. The molecule has 0 spiro atoms. The summed E-state index contributed by atoms with van der Waals surface area (Å²) in [5, 5.41) is 9.61. The Labute approximate surface area is 165 Å². The minimum atomic E-state index is -4.09. The van der Waals surface area contributed by atoms with E-state index in [1.807, 2.05) is 0 Å². The van der Waals surface area contributed by atoms with Gasteiger partial charge in [0.2, 0.25) is 0 Å². The molecule has 1 saturated heterocycles. The minimum absolute atomic E-state index is 0.0303. The van der Waals surface area contributed by atoms with E-state index in [4.69, 9.17) is 0 Å². The van der Waals surface area contributed by atoms with Gasteiger partial charge in [0, 0.05) is 12.1 Å². The molecule has 11 heteroatoms. The highest BCUT2D eigenvalue weighted by Gasteiger charge is 2.43. The Morgan fingerprint density at radius 2 is 1.93 bits per heavy atom. The lowest BCUT2D eigenvalue weighted by Crippen LogP contribution is -2.56. The van der Waals surface area contributed by atoms with E-state index in [9.17, 15) is 18.0 Å². The maximum Gasteiger partial charge on any atom is 0.391 e. The van der Waals surface area contributed by atoms with Gasteiger partial charge in [0.15, 0.2) is 5.82 Å². The molecule has 1 aliphatic carbocycles. The second kappa shape index (κ2) is 7.97. The number of halogens is 3. The quantitative estimate of drug-likeness (QED) is 0.811. The van der Waals surface area contributed by atoms with Crippen molar-refractivity contribution in [1.29, 1.82) is 0 Å². The summed E-state index contributed by atoms with van der Waals surface area (Å²) in [6.45, 7) is 0.940. The zero-order valence-corrected chi connectivity index (χ0v) is 15.6. The van der Waals surface area contributed by atoms with Gasteiger partial charge in [0.25, 0.3) is 0 Å². The van der Waals surface area contributed by atoms with Crippen molar-refractivity contribution >= 4 is 11.7 Å². The zero-order valence-electron chi connectivity index (χ0n) is 15.6. The molecular formula is C18H22F3N7O. The molecule has 3 heterocycles. The van der Waals surface area contributed by atoms with Crippen molar-refractivity contribution in [3.8, 4) is 5.82 Å². The van der Waals surface area contributed by atoms with Crippen molar-refractivity contribution in [1.82, 2.24) is 30.0 Å². The van der Waals surface area contributed by atoms with Gasteiger partial charge < -0.3 is 15.5 Å². The molecule has 2 aromatic heterocycles. The molecule has 0 unspecified atom stereocenters. The van der Waals surface area contributed by atoms with E-state index < -0.39 is 12.1 Å². The van der Waals surface area contributed by atoms with Crippen LogP contribution in [0.5, 0.6) is 0 Å². The van der Waals surface area contributed by atoms with Gasteiger partial charge in [-0.05, 0) is 50.9 Å². The molecule has 156 valence electrons. The lowest BCUT2D eigenvalue weighted by molar-refractivity contribution is -0.187. The highest BCUT2D eigenvalue weighted by atomic mass is 19.4. The van der Waals surface area contributed by atoms with E-state index in [2.05, 4.69) is 30.6 Å². The maximum atomic E-state index is 12.8. The molecule has 0 aromatic carbocycles. The van der Waals surface area contributed by atoms with Crippen LogP contribution >= 0.6 is 0 Å². The number of hydrogen-bond acceptors (Lipinski definition) is 5. The number of urea groups is 1. The first-order chi connectivity index (χ1) is 13.9. The first-order valence-corrected chi connectivity index (χ1v) is 9.58. The third-order valence-electron chi connectivity index (χ3n) is 5.62. The first kappa shape index (κ1) is 19.6. The molecule has 0 bridgehead atoms. The summed E-state index contributed by atoms with van der Waals surface area (Å²) in [6.07, 6.45) is 2.22. The van der Waals surface area contributed by atoms with Crippen LogP contribution in [0, 0.1) is 5.92 Å². The predicted molar refractivity (Wildman–Crippen MR) is 98.5 cm³/mol. The number of anilines is 1. The first-order valence-electron chi connectivity index (χ1n) is 9.58. The van der Waals surface area contributed by atoms with Crippen LogP contribution in [-0.2, 0) is 0 Å². The Kier molecular flexibility index (Phi) is 5.39. The van der Waals surface area contributed by atoms with Gasteiger partial charge in [0.05, 0.1) is 17.8 Å². The number of aromatic nitrogens is 4. The monoisotopic (exact) mass is 409 g/mol. The lowest BCUT2D eigenvalue weighted by atomic mass is 9.83. The van der Waals surface area contributed by atoms with Crippen LogP contribution in [0.4, 0.5) is 23.7 Å². The molecule has 1 aliphatic heterocycles. The van der Waals surface area contributed by atoms with Gasteiger partial charge in [-0.25, -0.2) is 19.4 Å². The Morgan fingerprint density at radius 1 is 1.17 bits per heavy atom. The fourth-order valence-corrected chi connectivity index (χ4v) is 3.87. The lowest BCUT2D eigenvalue weighted by Gasteiger charge is -2.46. The van der Waals surface area contributed by atoms with Crippen LogP contribution in [0.1, 0.15) is 25.7 Å². The minimum Gasteiger partial charge on any atom is -0.335 e. The molecule has 2 aliphatic rings. The van der Waals surface area contributed by atoms with Crippen LogP contribution in [-0.4, -0.2) is 62.0 Å². The van der Waals surface area contributed by atoms with Crippen molar-refractivity contribution in [3.05, 3.63) is 31.0 Å². The summed E-state index contributed by atoms with van der Waals surface area (Å²) in [7, 11) is 0. The van der Waals surface area contributed by atoms with Crippen molar-refractivity contribution in [2.45, 2.75) is 43.9 Å². The van der Waals surface area contributed by atoms with Crippen LogP contribution < -0.4 is 10.6 Å². The van der Waals surface area contributed by atoms with Gasteiger partial charge in [-0.2, -0.15) is 18.3 Å². The normalized spacial score (nSPS) is 23.4. The number of pyridine rings is 1. The van der Waals surface area contributed by atoms with Gasteiger partial charge in [-0.15, -0.1) is 0 Å². The number of rotatable bonds is 4. The highest BCUT2D eigenvalue weighted by molar-refractivity contribution is 5.89. The van der Waals surface area contributed by atoms with Crippen LogP contribution in [0.25, 0.3) is 5.82 Å². The second-order valence-corrected chi connectivity index (χ2v) is 7.52. The van der Waals surface area contributed by atoms with Gasteiger partial charge in [0.1, 0.15) is 12.7 Å². The average molecular weight is 409 g/mol. The molecule has 4 rings (SSSR count). The standard InChI is InChI=1S/C18H22F3N7O/c19-18(20,21)12-3-5-27(6-4-12)15-7-14(8-15)26-17(29)25-13-1-2-16(23-9-13)28-11-22-10-24-28/h1-2,9-12,14-15H,3-8H2,(H2,25,26,29). The molecule has 8 nitrogen and oxygen atoms in total. The van der Waals surface area contributed by atoms with E-state index in [0.717, 1.165) is 12.8 Å². The number of amides is 2. The topological polar surface area (TPSA) is 88.0 Å².